The summed E-state index contributed by atoms with van der Waals surface area (Å²) in [5.74, 6) is 0.912. The second-order valence-corrected chi connectivity index (χ2v) is 3.68. The first-order valence-electron chi connectivity index (χ1n) is 4.78. The SMILES string of the molecule is C1CCC(C2COCCN2)C1. The molecule has 1 unspecified atom stereocenters. The van der Waals surface area contributed by atoms with Gasteiger partial charge in [0.1, 0.15) is 0 Å². The summed E-state index contributed by atoms with van der Waals surface area (Å²) >= 11 is 0. The number of nitrogens with one attached hydrogen (secondary N) is 1. The molecule has 1 saturated heterocycles. The van der Waals surface area contributed by atoms with E-state index in [0.717, 1.165) is 25.7 Å². The highest BCUT2D eigenvalue weighted by molar-refractivity contribution is 4.81. The van der Waals surface area contributed by atoms with E-state index in [-0.39, 0.29) is 0 Å². The Morgan fingerprint density at radius 2 is 2.00 bits per heavy atom. The molecule has 0 radical (unpaired) electrons. The van der Waals surface area contributed by atoms with E-state index in [9.17, 15) is 0 Å². The van der Waals surface area contributed by atoms with Gasteiger partial charge >= 0.3 is 0 Å². The maximum atomic E-state index is 5.43. The molecule has 1 saturated carbocycles. The Balaban J connectivity index is 1.82. The molecule has 0 aromatic rings. The van der Waals surface area contributed by atoms with Crippen molar-refractivity contribution in [3.8, 4) is 0 Å². The fraction of sp³-hybridized carbons (Fsp3) is 1.00. The summed E-state index contributed by atoms with van der Waals surface area (Å²) in [4.78, 5) is 0. The van der Waals surface area contributed by atoms with Gasteiger partial charge in [0.2, 0.25) is 0 Å². The lowest BCUT2D eigenvalue weighted by atomic mass is 9.98. The van der Waals surface area contributed by atoms with Crippen molar-refractivity contribution in [1.82, 2.24) is 5.32 Å². The van der Waals surface area contributed by atoms with Crippen LogP contribution in [-0.2, 0) is 4.74 Å². The quantitative estimate of drug-likeness (QED) is 0.613. The summed E-state index contributed by atoms with van der Waals surface area (Å²) in [6.07, 6.45) is 5.70. The predicted molar refractivity (Wildman–Crippen MR) is 44.6 cm³/mol. The highest BCUT2D eigenvalue weighted by Crippen LogP contribution is 2.28. The lowest BCUT2D eigenvalue weighted by molar-refractivity contribution is 0.0576. The zero-order valence-corrected chi connectivity index (χ0v) is 7.01. The van der Waals surface area contributed by atoms with Gasteiger partial charge in [-0.05, 0) is 18.8 Å². The Bertz CT molecular complexity index is 115. The van der Waals surface area contributed by atoms with Gasteiger partial charge in [-0.3, -0.25) is 0 Å². The van der Waals surface area contributed by atoms with E-state index >= 15 is 0 Å². The van der Waals surface area contributed by atoms with Gasteiger partial charge in [-0.1, -0.05) is 12.8 Å². The molecule has 0 bridgehead atoms. The minimum absolute atomic E-state index is 0.672. The standard InChI is InChI=1S/C9H17NO/c1-2-4-8(3-1)9-7-11-6-5-10-9/h8-10H,1-7H2. The predicted octanol–water partition coefficient (Wildman–Crippen LogP) is 1.17. The van der Waals surface area contributed by atoms with E-state index < -0.39 is 0 Å². The Hall–Kier alpha value is -0.0800. The molecule has 2 nitrogen and oxygen atoms in total. The van der Waals surface area contributed by atoms with Crippen LogP contribution in [0.15, 0.2) is 0 Å². The lowest BCUT2D eigenvalue weighted by Crippen LogP contribution is -2.45. The second kappa shape index (κ2) is 3.55. The van der Waals surface area contributed by atoms with Crippen molar-refractivity contribution in [3.63, 3.8) is 0 Å². The summed E-state index contributed by atoms with van der Waals surface area (Å²) in [6.45, 7) is 2.91. The molecule has 0 amide bonds. The number of hydrogen-bond acceptors (Lipinski definition) is 2. The van der Waals surface area contributed by atoms with E-state index in [2.05, 4.69) is 5.32 Å². The van der Waals surface area contributed by atoms with Crippen molar-refractivity contribution in [3.05, 3.63) is 0 Å². The van der Waals surface area contributed by atoms with E-state index in [1.165, 1.54) is 25.7 Å². The Labute approximate surface area is 68.3 Å². The fourth-order valence-corrected chi connectivity index (χ4v) is 2.25. The van der Waals surface area contributed by atoms with Crippen LogP contribution in [0.2, 0.25) is 0 Å². The molecule has 1 atom stereocenters. The van der Waals surface area contributed by atoms with Crippen LogP contribution < -0.4 is 5.32 Å². The Morgan fingerprint density at radius 3 is 2.64 bits per heavy atom. The van der Waals surface area contributed by atoms with Crippen LogP contribution >= 0.6 is 0 Å². The first kappa shape index (κ1) is 7.56. The molecule has 1 heterocycles. The van der Waals surface area contributed by atoms with Crippen LogP contribution in [0.4, 0.5) is 0 Å². The smallest absolute Gasteiger partial charge is 0.0622 e. The first-order chi connectivity index (χ1) is 5.47. The van der Waals surface area contributed by atoms with E-state index in [4.69, 9.17) is 4.74 Å². The molecular weight excluding hydrogens is 138 g/mol. The number of hydrogen-bond donors (Lipinski definition) is 1. The number of morpholine rings is 1. The van der Waals surface area contributed by atoms with E-state index in [1.54, 1.807) is 0 Å². The van der Waals surface area contributed by atoms with Gasteiger partial charge in [0.25, 0.3) is 0 Å². The van der Waals surface area contributed by atoms with Gasteiger partial charge < -0.3 is 10.1 Å². The van der Waals surface area contributed by atoms with Gasteiger partial charge in [0.05, 0.1) is 13.2 Å². The third-order valence-corrected chi connectivity index (χ3v) is 2.92. The van der Waals surface area contributed by atoms with Crippen LogP contribution in [0.1, 0.15) is 25.7 Å². The van der Waals surface area contributed by atoms with Gasteiger partial charge in [-0.15, -0.1) is 0 Å². The average molecular weight is 155 g/mol. The number of rotatable bonds is 1. The minimum Gasteiger partial charge on any atom is -0.379 e. The zero-order valence-electron chi connectivity index (χ0n) is 7.01. The van der Waals surface area contributed by atoms with Crippen LogP contribution in [0.25, 0.3) is 0 Å². The monoisotopic (exact) mass is 155 g/mol. The normalized spacial score (nSPS) is 34.4. The molecule has 64 valence electrons. The molecule has 1 aliphatic carbocycles. The molecule has 2 rings (SSSR count). The van der Waals surface area contributed by atoms with Crippen molar-refractivity contribution in [1.29, 1.82) is 0 Å². The molecule has 0 aromatic heterocycles. The molecule has 0 aromatic carbocycles. The molecule has 1 aliphatic heterocycles. The molecular formula is C9H17NO. The first-order valence-corrected chi connectivity index (χ1v) is 4.78. The molecule has 1 N–H and O–H groups in total. The van der Waals surface area contributed by atoms with Crippen molar-refractivity contribution in [2.45, 2.75) is 31.7 Å². The zero-order chi connectivity index (χ0) is 7.52. The van der Waals surface area contributed by atoms with Gasteiger partial charge in [-0.25, -0.2) is 0 Å². The highest BCUT2D eigenvalue weighted by Gasteiger charge is 2.26. The van der Waals surface area contributed by atoms with Crippen LogP contribution in [-0.4, -0.2) is 25.8 Å². The molecule has 2 heteroatoms. The third kappa shape index (κ3) is 1.74. The maximum absolute atomic E-state index is 5.43. The fourth-order valence-electron chi connectivity index (χ4n) is 2.25. The van der Waals surface area contributed by atoms with Gasteiger partial charge in [0.15, 0.2) is 0 Å². The summed E-state index contributed by atoms with van der Waals surface area (Å²) < 4.78 is 5.43. The van der Waals surface area contributed by atoms with Crippen molar-refractivity contribution in [2.75, 3.05) is 19.8 Å². The lowest BCUT2D eigenvalue weighted by Gasteiger charge is -2.28. The maximum Gasteiger partial charge on any atom is 0.0622 e. The third-order valence-electron chi connectivity index (χ3n) is 2.92. The summed E-state index contributed by atoms with van der Waals surface area (Å²) in [6, 6.07) is 0.672. The van der Waals surface area contributed by atoms with Crippen LogP contribution in [0.3, 0.4) is 0 Å². The van der Waals surface area contributed by atoms with Crippen LogP contribution in [0, 0.1) is 5.92 Å². The van der Waals surface area contributed by atoms with Crippen molar-refractivity contribution in [2.24, 2.45) is 5.92 Å². The summed E-state index contributed by atoms with van der Waals surface area (Å²) in [5, 5.41) is 3.54. The number of ether oxygens (including phenoxy) is 1. The summed E-state index contributed by atoms with van der Waals surface area (Å²) in [7, 11) is 0. The highest BCUT2D eigenvalue weighted by atomic mass is 16.5. The average Bonchev–Trinajstić information content (AvgIpc) is 2.58. The molecule has 2 aliphatic rings. The second-order valence-electron chi connectivity index (χ2n) is 3.68. The van der Waals surface area contributed by atoms with Crippen LogP contribution in [0.5, 0.6) is 0 Å². The molecule has 11 heavy (non-hydrogen) atoms. The van der Waals surface area contributed by atoms with Crippen molar-refractivity contribution >= 4 is 0 Å². The van der Waals surface area contributed by atoms with E-state index in [1.807, 2.05) is 0 Å². The Kier molecular flexibility index (Phi) is 2.44. The molecule has 0 spiro atoms. The summed E-state index contributed by atoms with van der Waals surface area (Å²) in [5.41, 5.74) is 0. The van der Waals surface area contributed by atoms with Crippen molar-refractivity contribution < 1.29 is 4.74 Å². The van der Waals surface area contributed by atoms with Gasteiger partial charge in [-0.2, -0.15) is 0 Å². The largest absolute Gasteiger partial charge is 0.379 e. The van der Waals surface area contributed by atoms with Gasteiger partial charge in [0, 0.05) is 12.6 Å². The van der Waals surface area contributed by atoms with E-state index in [0.29, 0.717) is 6.04 Å². The minimum atomic E-state index is 0.672. The molecule has 2 fully saturated rings. The Morgan fingerprint density at radius 1 is 1.18 bits per heavy atom. The topological polar surface area (TPSA) is 21.3 Å².